The number of sulfonamides is 1. The van der Waals surface area contributed by atoms with Gasteiger partial charge in [0.15, 0.2) is 0 Å². The van der Waals surface area contributed by atoms with E-state index in [1.807, 2.05) is 0 Å². The molecule has 0 radical (unpaired) electrons. The molecule has 0 fully saturated rings. The molecule has 7 nitrogen and oxygen atoms in total. The average molecular weight is 383 g/mol. The molecule has 2 N–H and O–H groups in total. The number of benzene rings is 1. The fraction of sp³-hybridized carbons (Fsp3) is 0.438. The van der Waals surface area contributed by atoms with Crippen molar-refractivity contribution in [2.75, 3.05) is 11.9 Å². The highest BCUT2D eigenvalue weighted by atomic mass is 32.2. The van der Waals surface area contributed by atoms with Crippen LogP contribution in [0.3, 0.4) is 0 Å². The van der Waals surface area contributed by atoms with E-state index < -0.39 is 10.0 Å². The highest BCUT2D eigenvalue weighted by Gasteiger charge is 2.19. The Kier molecular flexibility index (Phi) is 6.63. The lowest BCUT2D eigenvalue weighted by Gasteiger charge is -2.07. The summed E-state index contributed by atoms with van der Waals surface area (Å²) in [6, 6.07) is 8.37. The molecule has 0 aliphatic heterocycles. The van der Waals surface area contributed by atoms with Crippen LogP contribution in [0, 0.1) is 0 Å². The first-order chi connectivity index (χ1) is 11.8. The Morgan fingerprint density at radius 3 is 2.48 bits per heavy atom. The van der Waals surface area contributed by atoms with Crippen LogP contribution in [-0.4, -0.2) is 31.1 Å². The minimum absolute atomic E-state index is 0.155. The molecule has 0 saturated carbocycles. The molecule has 0 aliphatic rings. The molecule has 0 aliphatic carbocycles. The third-order valence-corrected chi connectivity index (χ3v) is 6.17. The summed E-state index contributed by atoms with van der Waals surface area (Å²) in [4.78, 5) is 10.9. The van der Waals surface area contributed by atoms with E-state index >= 15 is 0 Å². The summed E-state index contributed by atoms with van der Waals surface area (Å²) in [6.45, 7) is 5.92. The second kappa shape index (κ2) is 8.50. The summed E-state index contributed by atoms with van der Waals surface area (Å²) in [5.41, 5.74) is 2.46. The fourth-order valence-corrected chi connectivity index (χ4v) is 4.21. The first-order valence-corrected chi connectivity index (χ1v) is 10.3. The van der Waals surface area contributed by atoms with Crippen molar-refractivity contribution >= 4 is 32.4 Å². The van der Waals surface area contributed by atoms with Crippen LogP contribution in [0.1, 0.15) is 44.2 Å². The van der Waals surface area contributed by atoms with Crippen LogP contribution in [0.2, 0.25) is 0 Å². The van der Waals surface area contributed by atoms with Crippen LogP contribution < -0.4 is 10.0 Å². The number of aromatic nitrogens is 2. The number of aryl methyl sites for hydroxylation is 1. The minimum atomic E-state index is -3.70. The zero-order chi connectivity index (χ0) is 18.4. The number of anilines is 1. The molecular weight excluding hydrogens is 360 g/mol. The van der Waals surface area contributed by atoms with Gasteiger partial charge in [0.2, 0.25) is 15.4 Å². The summed E-state index contributed by atoms with van der Waals surface area (Å²) < 4.78 is 26.6. The van der Waals surface area contributed by atoms with Crippen molar-refractivity contribution < 1.29 is 13.2 Å². The van der Waals surface area contributed by atoms with Gasteiger partial charge in [0, 0.05) is 13.5 Å². The van der Waals surface area contributed by atoms with E-state index in [0.717, 1.165) is 17.8 Å². The molecule has 0 atom stereocenters. The molecule has 1 heterocycles. The van der Waals surface area contributed by atoms with Gasteiger partial charge in [-0.1, -0.05) is 49.4 Å². The van der Waals surface area contributed by atoms with Gasteiger partial charge in [-0.15, -0.1) is 10.2 Å². The molecule has 1 aromatic heterocycles. The SMILES string of the molecule is CC(=O)Nc1nnc(S(=O)(=O)NCCCc2ccc(C(C)C)cc2)s1. The molecule has 9 heteroatoms. The van der Waals surface area contributed by atoms with Gasteiger partial charge in [-0.2, -0.15) is 0 Å². The van der Waals surface area contributed by atoms with Crippen molar-refractivity contribution in [2.24, 2.45) is 0 Å². The number of rotatable bonds is 8. The molecule has 2 rings (SSSR count). The largest absolute Gasteiger partial charge is 0.301 e. The number of hydrogen-bond acceptors (Lipinski definition) is 6. The Morgan fingerprint density at radius 1 is 1.20 bits per heavy atom. The van der Waals surface area contributed by atoms with Gasteiger partial charge in [0.25, 0.3) is 10.0 Å². The summed E-state index contributed by atoms with van der Waals surface area (Å²) in [5, 5.41) is 9.82. The summed E-state index contributed by atoms with van der Waals surface area (Å²) in [6.07, 6.45) is 1.46. The van der Waals surface area contributed by atoms with E-state index in [-0.39, 0.29) is 15.4 Å². The standard InChI is InChI=1S/C16H22N4O3S2/c1-11(2)14-8-6-13(7-9-14)5-4-10-17-25(22,23)16-20-19-15(24-16)18-12(3)21/h6-9,11,17H,4-5,10H2,1-3H3,(H,18,19,21). The Bertz CT molecular complexity index is 814. The third kappa shape index (κ3) is 5.87. The lowest BCUT2D eigenvalue weighted by Crippen LogP contribution is -2.25. The molecule has 0 unspecified atom stereocenters. The maximum atomic E-state index is 12.1. The topological polar surface area (TPSA) is 101 Å². The average Bonchev–Trinajstić information content (AvgIpc) is 3.00. The zero-order valence-electron chi connectivity index (χ0n) is 14.4. The van der Waals surface area contributed by atoms with E-state index in [9.17, 15) is 13.2 Å². The zero-order valence-corrected chi connectivity index (χ0v) is 16.1. The van der Waals surface area contributed by atoms with Crippen LogP contribution in [0.15, 0.2) is 28.6 Å². The van der Waals surface area contributed by atoms with Crippen LogP contribution in [0.25, 0.3) is 0 Å². The first-order valence-electron chi connectivity index (χ1n) is 7.97. The highest BCUT2D eigenvalue weighted by Crippen LogP contribution is 2.19. The van der Waals surface area contributed by atoms with Crippen molar-refractivity contribution in [3.8, 4) is 0 Å². The van der Waals surface area contributed by atoms with Crippen LogP contribution >= 0.6 is 11.3 Å². The second-order valence-electron chi connectivity index (χ2n) is 5.95. The smallest absolute Gasteiger partial charge is 0.269 e. The van der Waals surface area contributed by atoms with Gasteiger partial charge in [0.05, 0.1) is 0 Å². The van der Waals surface area contributed by atoms with Gasteiger partial charge in [-0.05, 0) is 29.9 Å². The van der Waals surface area contributed by atoms with Gasteiger partial charge >= 0.3 is 0 Å². The molecule has 136 valence electrons. The summed E-state index contributed by atoms with van der Waals surface area (Å²) in [7, 11) is -3.70. The monoisotopic (exact) mass is 382 g/mol. The van der Waals surface area contributed by atoms with E-state index in [2.05, 4.69) is 58.3 Å². The van der Waals surface area contributed by atoms with Crippen LogP contribution in [0.4, 0.5) is 5.13 Å². The van der Waals surface area contributed by atoms with Crippen molar-refractivity contribution in [1.29, 1.82) is 0 Å². The van der Waals surface area contributed by atoms with E-state index in [4.69, 9.17) is 0 Å². The predicted octanol–water partition coefficient (Wildman–Crippen LogP) is 2.53. The molecular formula is C16H22N4O3S2. The van der Waals surface area contributed by atoms with Gasteiger partial charge < -0.3 is 5.32 Å². The van der Waals surface area contributed by atoms with Gasteiger partial charge in [0.1, 0.15) is 0 Å². The quantitative estimate of drug-likeness (QED) is 0.540. The Morgan fingerprint density at radius 2 is 1.88 bits per heavy atom. The Balaban J connectivity index is 1.83. The molecule has 25 heavy (non-hydrogen) atoms. The molecule has 0 spiro atoms. The molecule has 1 amide bonds. The predicted molar refractivity (Wildman–Crippen MR) is 98.3 cm³/mol. The highest BCUT2D eigenvalue weighted by molar-refractivity contribution is 7.91. The summed E-state index contributed by atoms with van der Waals surface area (Å²) >= 11 is 0.822. The van der Waals surface area contributed by atoms with Crippen molar-refractivity contribution in [1.82, 2.24) is 14.9 Å². The second-order valence-corrected chi connectivity index (χ2v) is 8.87. The number of carbonyl (C=O) groups is 1. The Hall–Kier alpha value is -1.84. The number of carbonyl (C=O) groups excluding carboxylic acids is 1. The van der Waals surface area contributed by atoms with Crippen LogP contribution in [-0.2, 0) is 21.2 Å². The maximum Gasteiger partial charge on any atom is 0.269 e. The first kappa shape index (κ1) is 19.5. The van der Waals surface area contributed by atoms with Crippen molar-refractivity contribution in [2.45, 2.75) is 43.9 Å². The number of amides is 1. The minimum Gasteiger partial charge on any atom is -0.301 e. The number of nitrogens with one attached hydrogen (secondary N) is 2. The lowest BCUT2D eigenvalue weighted by atomic mass is 10.0. The molecule has 1 aromatic carbocycles. The number of nitrogens with zero attached hydrogens (tertiary/aromatic N) is 2. The molecule has 0 saturated heterocycles. The molecule has 2 aromatic rings. The van der Waals surface area contributed by atoms with E-state index in [1.54, 1.807) is 0 Å². The van der Waals surface area contributed by atoms with E-state index in [1.165, 1.54) is 18.1 Å². The third-order valence-electron chi connectivity index (χ3n) is 3.50. The summed E-state index contributed by atoms with van der Waals surface area (Å²) in [5.74, 6) is 0.173. The fourth-order valence-electron chi connectivity index (χ4n) is 2.15. The van der Waals surface area contributed by atoms with Crippen molar-refractivity contribution in [3.63, 3.8) is 0 Å². The Labute approximate surface area is 151 Å². The maximum absolute atomic E-state index is 12.1. The van der Waals surface area contributed by atoms with Gasteiger partial charge in [-0.25, -0.2) is 13.1 Å². The van der Waals surface area contributed by atoms with Crippen LogP contribution in [0.5, 0.6) is 0 Å². The lowest BCUT2D eigenvalue weighted by molar-refractivity contribution is -0.114. The normalized spacial score (nSPS) is 11.7. The van der Waals surface area contributed by atoms with E-state index in [0.29, 0.717) is 18.9 Å². The van der Waals surface area contributed by atoms with Gasteiger partial charge in [-0.3, -0.25) is 4.79 Å². The molecule has 0 bridgehead atoms. The van der Waals surface area contributed by atoms with Crippen molar-refractivity contribution in [3.05, 3.63) is 35.4 Å². The number of hydrogen-bond donors (Lipinski definition) is 2.